The van der Waals surface area contributed by atoms with Gasteiger partial charge in [-0.05, 0) is 112 Å². The van der Waals surface area contributed by atoms with E-state index in [9.17, 15) is 22.4 Å². The maximum absolute atomic E-state index is 13.4. The van der Waals surface area contributed by atoms with Crippen molar-refractivity contribution in [3.8, 4) is 45.5 Å². The Morgan fingerprint density at radius 3 is 1.90 bits per heavy atom. The zero-order valence-corrected chi connectivity index (χ0v) is 32.4. The van der Waals surface area contributed by atoms with Gasteiger partial charge >= 0.3 is 19.2 Å². The molecule has 11 nitrogen and oxygen atoms in total. The zero-order chi connectivity index (χ0) is 40.8. The lowest BCUT2D eigenvalue weighted by Crippen LogP contribution is -2.32. The van der Waals surface area contributed by atoms with Crippen molar-refractivity contribution >= 4 is 28.2 Å². The summed E-state index contributed by atoms with van der Waals surface area (Å²) in [7, 11) is 0. The van der Waals surface area contributed by atoms with Gasteiger partial charge in [0.1, 0.15) is 35.2 Å². The number of ether oxygens (including phenoxy) is 3. The van der Waals surface area contributed by atoms with Crippen molar-refractivity contribution in [2.75, 3.05) is 26.2 Å². The molecule has 0 spiro atoms. The molecule has 0 unspecified atom stereocenters. The first-order valence-electron chi connectivity index (χ1n) is 19.4. The Bertz CT molecular complexity index is 2380. The number of fused-ring (bicyclic) bond motifs is 2. The molecule has 1 aliphatic rings. The fourth-order valence-corrected chi connectivity index (χ4v) is 7.21. The van der Waals surface area contributed by atoms with Crippen molar-refractivity contribution in [2.24, 2.45) is 0 Å². The highest BCUT2D eigenvalue weighted by Gasteiger charge is 2.25. The van der Waals surface area contributed by atoms with Crippen molar-refractivity contribution in [3.05, 3.63) is 82.9 Å². The van der Waals surface area contributed by atoms with Gasteiger partial charge in [-0.15, -0.1) is 0 Å². The van der Waals surface area contributed by atoms with Gasteiger partial charge in [-0.25, -0.2) is 9.97 Å². The van der Waals surface area contributed by atoms with Crippen LogP contribution < -0.4 is 25.4 Å². The van der Waals surface area contributed by atoms with Crippen LogP contribution in [0.2, 0.25) is 0 Å². The number of rotatable bonds is 18. The normalized spacial score (nSPS) is 14.3. The van der Waals surface area contributed by atoms with E-state index >= 15 is 0 Å². The molecule has 6 aromatic rings. The van der Waals surface area contributed by atoms with Crippen LogP contribution in [0.1, 0.15) is 54.9 Å². The van der Waals surface area contributed by atoms with Gasteiger partial charge < -0.3 is 39.0 Å². The fraction of sp³-hybridized carbons (Fsp3) is 0.372. The van der Waals surface area contributed by atoms with Gasteiger partial charge in [0.15, 0.2) is 11.2 Å². The lowest BCUT2D eigenvalue weighted by Gasteiger charge is -2.14. The lowest BCUT2D eigenvalue weighted by molar-refractivity contribution is -0.147. The minimum atomic E-state index is -3.11. The van der Waals surface area contributed by atoms with Crippen molar-refractivity contribution < 1.29 is 45.4 Å². The molecule has 2 aromatic heterocycles. The van der Waals surface area contributed by atoms with E-state index < -0.39 is 25.2 Å². The van der Waals surface area contributed by atoms with E-state index in [1.165, 1.54) is 18.2 Å². The molecule has 4 aromatic carbocycles. The van der Waals surface area contributed by atoms with Crippen LogP contribution in [0, 0.1) is 13.8 Å². The predicted molar refractivity (Wildman–Crippen MR) is 211 cm³/mol. The second kappa shape index (κ2) is 18.4. The summed E-state index contributed by atoms with van der Waals surface area (Å²) in [6.45, 7) is 3.11. The van der Waals surface area contributed by atoms with E-state index in [2.05, 4.69) is 22.9 Å². The number of carbonyl (C=O) groups is 1. The van der Waals surface area contributed by atoms with Crippen LogP contribution in [0.15, 0.2) is 69.5 Å². The Kier molecular flexibility index (Phi) is 12.9. The third-order valence-electron chi connectivity index (χ3n) is 10.2. The molecule has 3 N–H and O–H groups in total. The number of aromatic nitrogens is 2. The summed E-state index contributed by atoms with van der Waals surface area (Å²) < 4.78 is 81.1. The van der Waals surface area contributed by atoms with Crippen LogP contribution in [0.4, 0.5) is 17.6 Å². The van der Waals surface area contributed by atoms with E-state index in [0.717, 1.165) is 54.6 Å². The standard InChI is InChI=1S/C43H45F4N5O6/c1-4-14-48-15-8-16-49-22-26-18-33-37(20-35(26)57-42(44)45)55-39(51-33)30-11-5-9-28(24(30)2)29-10-6-12-31(25(29)3)40-52-34-19-27(23-54-41(53)32-13-7-17-50-32)36(58-43(46)47)21-38(34)56-40/h5-6,9-12,18-21,32,42-43,48-50H,4,7-8,13-17,22-23H2,1-3H3/t32-/m0/s1. The van der Waals surface area contributed by atoms with Gasteiger partial charge in [-0.3, -0.25) is 4.79 Å². The van der Waals surface area contributed by atoms with Gasteiger partial charge in [0.05, 0.1) is 0 Å². The zero-order valence-electron chi connectivity index (χ0n) is 32.4. The number of nitrogens with zero attached hydrogens (tertiary/aromatic N) is 2. The third kappa shape index (κ3) is 9.27. The van der Waals surface area contributed by atoms with Crippen LogP contribution >= 0.6 is 0 Å². The molecule has 306 valence electrons. The van der Waals surface area contributed by atoms with Crippen LogP contribution in [0.5, 0.6) is 11.5 Å². The number of esters is 1. The van der Waals surface area contributed by atoms with Crippen molar-refractivity contribution in [1.29, 1.82) is 0 Å². The minimum Gasteiger partial charge on any atom is -0.460 e. The molecule has 0 radical (unpaired) electrons. The van der Waals surface area contributed by atoms with E-state index in [1.54, 1.807) is 6.07 Å². The first-order chi connectivity index (χ1) is 28.1. The van der Waals surface area contributed by atoms with Crippen LogP contribution in [-0.4, -0.2) is 61.4 Å². The number of hydrogen-bond donors (Lipinski definition) is 3. The number of nitrogens with one attached hydrogen (secondary N) is 3. The van der Waals surface area contributed by atoms with Crippen molar-refractivity contribution in [1.82, 2.24) is 25.9 Å². The Hall–Kier alpha value is -5.51. The lowest BCUT2D eigenvalue weighted by atomic mass is 9.91. The van der Waals surface area contributed by atoms with Gasteiger partial charge in [-0.2, -0.15) is 17.6 Å². The van der Waals surface area contributed by atoms with Gasteiger partial charge in [0, 0.05) is 40.9 Å². The summed E-state index contributed by atoms with van der Waals surface area (Å²) in [4.78, 5) is 22.0. The highest BCUT2D eigenvalue weighted by molar-refractivity contribution is 5.85. The number of benzene rings is 4. The van der Waals surface area contributed by atoms with Gasteiger partial charge in [0.25, 0.3) is 0 Å². The minimum absolute atomic E-state index is 0.0215. The number of halogens is 4. The molecule has 0 aliphatic carbocycles. The van der Waals surface area contributed by atoms with E-state index in [0.29, 0.717) is 65.3 Å². The van der Waals surface area contributed by atoms with Crippen molar-refractivity contribution in [3.63, 3.8) is 0 Å². The molecule has 1 aliphatic heterocycles. The number of oxazole rings is 2. The van der Waals surface area contributed by atoms with Crippen LogP contribution in [-0.2, 0) is 22.7 Å². The molecule has 1 atom stereocenters. The molecule has 58 heavy (non-hydrogen) atoms. The Morgan fingerprint density at radius 1 is 0.793 bits per heavy atom. The first-order valence-corrected chi connectivity index (χ1v) is 19.4. The summed E-state index contributed by atoms with van der Waals surface area (Å²) in [5, 5.41) is 9.71. The topological polar surface area (TPSA) is 133 Å². The highest BCUT2D eigenvalue weighted by atomic mass is 19.3. The predicted octanol–water partition coefficient (Wildman–Crippen LogP) is 9.06. The SMILES string of the molecule is CCCNCCCNCc1cc2nc(-c3cccc(-c4cccc(-c5nc6cc(COC(=O)[C@@H]7CCCN7)c(OC(F)F)cc6o5)c4C)c3C)oc2cc1OC(F)F. The smallest absolute Gasteiger partial charge is 0.387 e. The molecule has 15 heteroatoms. The summed E-state index contributed by atoms with van der Waals surface area (Å²) >= 11 is 0. The van der Waals surface area contributed by atoms with E-state index in [-0.39, 0.29) is 35.1 Å². The fourth-order valence-electron chi connectivity index (χ4n) is 7.21. The highest BCUT2D eigenvalue weighted by Crippen LogP contribution is 2.39. The molecule has 3 heterocycles. The maximum atomic E-state index is 13.4. The molecule has 0 saturated carbocycles. The summed E-state index contributed by atoms with van der Waals surface area (Å²) in [6.07, 6.45) is 3.42. The third-order valence-corrected chi connectivity index (χ3v) is 10.2. The molecule has 0 amide bonds. The molecule has 1 saturated heterocycles. The Balaban J connectivity index is 1.16. The van der Waals surface area contributed by atoms with Crippen molar-refractivity contribution in [2.45, 2.75) is 78.9 Å². The van der Waals surface area contributed by atoms with Crippen LogP contribution in [0.3, 0.4) is 0 Å². The number of alkyl halides is 4. The van der Waals surface area contributed by atoms with E-state index in [4.69, 9.17) is 33.0 Å². The number of carbonyl (C=O) groups excluding carboxylic acids is 1. The van der Waals surface area contributed by atoms with Gasteiger partial charge in [-0.1, -0.05) is 31.2 Å². The quantitative estimate of drug-likeness (QED) is 0.0437. The molecule has 7 rings (SSSR count). The first kappa shape index (κ1) is 40.7. The second-order valence-corrected chi connectivity index (χ2v) is 14.1. The Labute approximate surface area is 332 Å². The molecular formula is C43H45F4N5O6. The summed E-state index contributed by atoms with van der Waals surface area (Å²) in [6, 6.07) is 17.0. The molecular weight excluding hydrogens is 758 g/mol. The van der Waals surface area contributed by atoms with Crippen LogP contribution in [0.25, 0.3) is 56.2 Å². The summed E-state index contributed by atoms with van der Waals surface area (Å²) in [5.74, 6) is -0.0361. The van der Waals surface area contributed by atoms with Gasteiger partial charge in [0.2, 0.25) is 11.8 Å². The number of hydrogen-bond acceptors (Lipinski definition) is 11. The monoisotopic (exact) mass is 803 g/mol. The molecule has 0 bridgehead atoms. The average Bonchev–Trinajstić information content (AvgIpc) is 3.97. The maximum Gasteiger partial charge on any atom is 0.387 e. The Morgan fingerprint density at radius 2 is 1.34 bits per heavy atom. The van der Waals surface area contributed by atoms with E-state index in [1.807, 2.05) is 50.2 Å². The second-order valence-electron chi connectivity index (χ2n) is 14.1. The summed E-state index contributed by atoms with van der Waals surface area (Å²) in [5.41, 5.74) is 7.00. The largest absolute Gasteiger partial charge is 0.460 e. The molecule has 1 fully saturated rings. The average molecular weight is 804 g/mol.